The van der Waals surface area contributed by atoms with Crippen molar-refractivity contribution >= 4 is 23.9 Å². The van der Waals surface area contributed by atoms with Gasteiger partial charge in [0.25, 0.3) is 0 Å². The van der Waals surface area contributed by atoms with Crippen molar-refractivity contribution in [3.63, 3.8) is 0 Å². The summed E-state index contributed by atoms with van der Waals surface area (Å²) in [7, 11) is 0. The number of esters is 4. The second kappa shape index (κ2) is 2.44. The summed E-state index contributed by atoms with van der Waals surface area (Å²) in [4.78, 5) is 45.0. The molecule has 4 atom stereocenters. The molecule has 2 saturated heterocycles. The van der Waals surface area contributed by atoms with Crippen LogP contribution in [0.1, 0.15) is 6.42 Å². The van der Waals surface area contributed by atoms with Gasteiger partial charge in [-0.25, -0.2) is 0 Å². The molecular formula is C9H6O6. The fourth-order valence-electron chi connectivity index (χ4n) is 2.66. The molecule has 0 N–H and O–H groups in total. The topological polar surface area (TPSA) is 86.7 Å². The van der Waals surface area contributed by atoms with Gasteiger partial charge in [-0.05, 0) is 6.42 Å². The first-order valence-electron chi connectivity index (χ1n) is 4.60. The van der Waals surface area contributed by atoms with Crippen LogP contribution in [0.15, 0.2) is 0 Å². The summed E-state index contributed by atoms with van der Waals surface area (Å²) in [6.07, 6.45) is 0.185. The lowest BCUT2D eigenvalue weighted by Gasteiger charge is -2.06. The third-order valence-corrected chi connectivity index (χ3v) is 3.31. The van der Waals surface area contributed by atoms with Crippen LogP contribution in [0.3, 0.4) is 0 Å². The van der Waals surface area contributed by atoms with Crippen LogP contribution in [0.5, 0.6) is 0 Å². The van der Waals surface area contributed by atoms with E-state index in [9.17, 15) is 19.2 Å². The first-order chi connectivity index (χ1) is 7.09. The molecule has 15 heavy (non-hydrogen) atoms. The number of cyclic esters (lactones) is 4. The van der Waals surface area contributed by atoms with Gasteiger partial charge in [0.1, 0.15) is 0 Å². The third-order valence-electron chi connectivity index (χ3n) is 3.31. The summed E-state index contributed by atoms with van der Waals surface area (Å²) >= 11 is 0. The number of carbonyl (C=O) groups excluding carboxylic acids is 4. The quantitative estimate of drug-likeness (QED) is 0.377. The van der Waals surface area contributed by atoms with E-state index in [1.54, 1.807) is 0 Å². The maximum Gasteiger partial charge on any atom is 0.318 e. The summed E-state index contributed by atoms with van der Waals surface area (Å²) in [5.74, 6) is -5.54. The van der Waals surface area contributed by atoms with Gasteiger partial charge >= 0.3 is 23.9 Å². The van der Waals surface area contributed by atoms with Gasteiger partial charge in [0, 0.05) is 0 Å². The monoisotopic (exact) mass is 210 g/mol. The molecule has 3 rings (SSSR count). The fraction of sp³-hybridized carbons (Fsp3) is 0.556. The molecule has 0 amide bonds. The summed E-state index contributed by atoms with van der Waals surface area (Å²) in [5.41, 5.74) is 0. The molecule has 0 aromatic rings. The maximum absolute atomic E-state index is 11.3. The highest BCUT2D eigenvalue weighted by atomic mass is 16.6. The van der Waals surface area contributed by atoms with Crippen LogP contribution in [0.4, 0.5) is 0 Å². The van der Waals surface area contributed by atoms with E-state index in [4.69, 9.17) is 0 Å². The lowest BCUT2D eigenvalue weighted by molar-refractivity contribution is -0.158. The molecule has 3 aliphatic rings. The van der Waals surface area contributed by atoms with Crippen molar-refractivity contribution in [2.75, 3.05) is 0 Å². The van der Waals surface area contributed by atoms with Gasteiger partial charge in [-0.2, -0.15) is 0 Å². The molecule has 3 fully saturated rings. The number of ether oxygens (including phenoxy) is 2. The molecule has 2 aliphatic heterocycles. The van der Waals surface area contributed by atoms with E-state index in [-0.39, 0.29) is 6.42 Å². The minimum atomic E-state index is -0.804. The van der Waals surface area contributed by atoms with E-state index < -0.39 is 47.5 Å². The van der Waals surface area contributed by atoms with E-state index in [0.717, 1.165) is 0 Å². The zero-order valence-corrected chi connectivity index (χ0v) is 7.47. The second-order valence-corrected chi connectivity index (χ2v) is 3.98. The van der Waals surface area contributed by atoms with Crippen molar-refractivity contribution in [2.45, 2.75) is 6.42 Å². The minimum Gasteiger partial charge on any atom is -0.393 e. The Morgan fingerprint density at radius 1 is 0.733 bits per heavy atom. The molecule has 1 aliphatic carbocycles. The molecular weight excluding hydrogens is 204 g/mol. The Morgan fingerprint density at radius 3 is 1.53 bits per heavy atom. The van der Waals surface area contributed by atoms with Crippen LogP contribution in [-0.2, 0) is 28.7 Å². The van der Waals surface area contributed by atoms with Crippen molar-refractivity contribution in [3.05, 3.63) is 0 Å². The molecule has 0 aromatic carbocycles. The van der Waals surface area contributed by atoms with Crippen LogP contribution in [-0.4, -0.2) is 23.9 Å². The molecule has 0 bridgehead atoms. The van der Waals surface area contributed by atoms with Crippen LogP contribution in [0.2, 0.25) is 0 Å². The van der Waals surface area contributed by atoms with Gasteiger partial charge in [-0.3, -0.25) is 19.2 Å². The highest BCUT2D eigenvalue weighted by molar-refractivity contribution is 6.05. The molecule has 1 saturated carbocycles. The molecule has 78 valence electrons. The lowest BCUT2D eigenvalue weighted by atomic mass is 9.90. The Bertz CT molecular complexity index is 373. The smallest absolute Gasteiger partial charge is 0.318 e. The molecule has 0 radical (unpaired) electrons. The normalized spacial score (nSPS) is 42.7. The number of hydrogen-bond acceptors (Lipinski definition) is 6. The molecule has 6 heteroatoms. The van der Waals surface area contributed by atoms with Gasteiger partial charge in [0.15, 0.2) is 0 Å². The van der Waals surface area contributed by atoms with Crippen LogP contribution in [0, 0.1) is 23.7 Å². The SMILES string of the molecule is O=C1OC(=O)[C@H]2C[C@@H]3C(=O)OC(=O)[C@@H]3[C@@H]12. The number of hydrogen-bond donors (Lipinski definition) is 0. The zero-order valence-electron chi connectivity index (χ0n) is 7.47. The molecule has 2 heterocycles. The van der Waals surface area contributed by atoms with Crippen LogP contribution < -0.4 is 0 Å². The van der Waals surface area contributed by atoms with Crippen molar-refractivity contribution in [1.29, 1.82) is 0 Å². The zero-order chi connectivity index (χ0) is 10.7. The maximum atomic E-state index is 11.3. The summed E-state index contributed by atoms with van der Waals surface area (Å²) in [6.45, 7) is 0. The lowest BCUT2D eigenvalue weighted by Crippen LogP contribution is -2.24. The first kappa shape index (κ1) is 8.58. The Hall–Kier alpha value is -1.72. The Labute approximate surface area is 83.5 Å². The largest absolute Gasteiger partial charge is 0.393 e. The highest BCUT2D eigenvalue weighted by Gasteiger charge is 2.64. The third kappa shape index (κ3) is 0.886. The van der Waals surface area contributed by atoms with Crippen LogP contribution >= 0.6 is 0 Å². The predicted octanol–water partition coefficient (Wildman–Crippen LogP) is -0.978. The van der Waals surface area contributed by atoms with Gasteiger partial charge in [-0.1, -0.05) is 0 Å². The minimum absolute atomic E-state index is 0.185. The Balaban J connectivity index is 2.03. The fourth-order valence-corrected chi connectivity index (χ4v) is 2.66. The van der Waals surface area contributed by atoms with Gasteiger partial charge in [0.2, 0.25) is 0 Å². The van der Waals surface area contributed by atoms with Crippen molar-refractivity contribution < 1.29 is 28.7 Å². The van der Waals surface area contributed by atoms with E-state index in [2.05, 4.69) is 9.47 Å². The second-order valence-electron chi connectivity index (χ2n) is 3.98. The van der Waals surface area contributed by atoms with Gasteiger partial charge < -0.3 is 9.47 Å². The number of carbonyl (C=O) groups is 4. The molecule has 6 nitrogen and oxygen atoms in total. The van der Waals surface area contributed by atoms with E-state index in [1.165, 1.54) is 0 Å². The van der Waals surface area contributed by atoms with E-state index in [1.807, 2.05) is 0 Å². The van der Waals surface area contributed by atoms with Crippen molar-refractivity contribution in [1.82, 2.24) is 0 Å². The van der Waals surface area contributed by atoms with Gasteiger partial charge in [0.05, 0.1) is 23.7 Å². The van der Waals surface area contributed by atoms with Gasteiger partial charge in [-0.15, -0.1) is 0 Å². The highest BCUT2D eigenvalue weighted by Crippen LogP contribution is 2.49. The van der Waals surface area contributed by atoms with Crippen molar-refractivity contribution in [3.8, 4) is 0 Å². The standard InChI is InChI=1S/C9H6O6/c10-6-2-1-3-5(4(2)8(12)14-6)9(13)15-7(3)11/h2-5H,1H2/t2-,3-,4-,5-/m0/s1. The molecule has 0 unspecified atom stereocenters. The Kier molecular flexibility index (Phi) is 1.40. The summed E-state index contributed by atoms with van der Waals surface area (Å²) in [6, 6.07) is 0. The first-order valence-corrected chi connectivity index (χ1v) is 4.60. The van der Waals surface area contributed by atoms with E-state index in [0.29, 0.717) is 0 Å². The molecule has 0 aromatic heterocycles. The number of fused-ring (bicyclic) bond motifs is 3. The summed E-state index contributed by atoms with van der Waals surface area (Å²) < 4.78 is 8.85. The molecule has 0 spiro atoms. The van der Waals surface area contributed by atoms with Crippen LogP contribution in [0.25, 0.3) is 0 Å². The van der Waals surface area contributed by atoms with Crippen molar-refractivity contribution in [2.24, 2.45) is 23.7 Å². The predicted molar refractivity (Wildman–Crippen MR) is 40.8 cm³/mol. The average Bonchev–Trinajstić information content (AvgIpc) is 2.72. The average molecular weight is 210 g/mol. The number of rotatable bonds is 0. The summed E-state index contributed by atoms with van der Waals surface area (Å²) in [5, 5.41) is 0. The Morgan fingerprint density at radius 2 is 1.13 bits per heavy atom. The van der Waals surface area contributed by atoms with E-state index >= 15 is 0 Å².